The van der Waals surface area contributed by atoms with Crippen molar-refractivity contribution in [3.05, 3.63) is 41.8 Å². The van der Waals surface area contributed by atoms with E-state index in [0.29, 0.717) is 6.61 Å². The average Bonchev–Trinajstić information content (AvgIpc) is 3.15. The molecule has 2 aromatic rings. The molecule has 0 bridgehead atoms. The summed E-state index contributed by atoms with van der Waals surface area (Å²) < 4.78 is 10.4. The van der Waals surface area contributed by atoms with Crippen LogP contribution in [0.25, 0.3) is 0 Å². The van der Waals surface area contributed by atoms with Crippen LogP contribution in [0, 0.1) is 5.92 Å². The predicted molar refractivity (Wildman–Crippen MR) is 104 cm³/mol. The number of rotatable bonds is 8. The van der Waals surface area contributed by atoms with Gasteiger partial charge in [0.1, 0.15) is 5.75 Å². The van der Waals surface area contributed by atoms with E-state index >= 15 is 0 Å². The van der Waals surface area contributed by atoms with Gasteiger partial charge in [-0.05, 0) is 19.4 Å². The highest BCUT2D eigenvalue weighted by Gasteiger charge is 2.39. The lowest BCUT2D eigenvalue weighted by Crippen LogP contribution is -2.59. The number of hydrogen-bond donors (Lipinski definition) is 1. The van der Waals surface area contributed by atoms with Crippen molar-refractivity contribution in [3.8, 4) is 0 Å². The van der Waals surface area contributed by atoms with E-state index in [1.807, 2.05) is 30.3 Å². The molecule has 3 rings (SSSR count). The number of imide groups is 1. The fourth-order valence-corrected chi connectivity index (χ4v) is 3.54. The number of nitrogens with zero attached hydrogens (tertiary/aromatic N) is 3. The van der Waals surface area contributed by atoms with Gasteiger partial charge >= 0.3 is 12.0 Å². The van der Waals surface area contributed by atoms with Crippen molar-refractivity contribution in [2.24, 2.45) is 5.92 Å². The molecule has 0 saturated carbocycles. The maximum Gasteiger partial charge on any atom is 0.324 e. The number of carbonyl (C=O) groups excluding carboxylic acids is 3. The minimum atomic E-state index is -0.528. The lowest BCUT2D eigenvalue weighted by atomic mass is 9.93. The first-order valence-electron chi connectivity index (χ1n) is 9.24. The van der Waals surface area contributed by atoms with Gasteiger partial charge in [0.2, 0.25) is 11.8 Å². The summed E-state index contributed by atoms with van der Waals surface area (Å²) in [4.78, 5) is 37.9. The Balaban J connectivity index is 1.64. The number of aromatic nitrogens is 2. The molecular weight excluding hydrogens is 396 g/mol. The van der Waals surface area contributed by atoms with Gasteiger partial charge in [-0.3, -0.25) is 14.5 Å². The monoisotopic (exact) mass is 418 g/mol. The van der Waals surface area contributed by atoms with E-state index in [1.165, 1.54) is 4.90 Å². The smallest absolute Gasteiger partial charge is 0.324 e. The van der Waals surface area contributed by atoms with E-state index in [9.17, 15) is 14.4 Å². The lowest BCUT2D eigenvalue weighted by molar-refractivity contribution is -0.140. The molecule has 2 heterocycles. The maximum absolute atomic E-state index is 13.0. The van der Waals surface area contributed by atoms with Crippen LogP contribution in [0.4, 0.5) is 4.79 Å². The van der Waals surface area contributed by atoms with Crippen molar-refractivity contribution in [2.75, 3.05) is 12.4 Å². The molecule has 29 heavy (non-hydrogen) atoms. The Labute approximate surface area is 172 Å². The Hall–Kier alpha value is -2.88. The summed E-state index contributed by atoms with van der Waals surface area (Å²) >= 11 is 1.08. The summed E-state index contributed by atoms with van der Waals surface area (Å²) in [5.41, 5.74) is 0.861. The van der Waals surface area contributed by atoms with Crippen LogP contribution >= 0.6 is 11.8 Å². The third kappa shape index (κ3) is 5.35. The fraction of sp³-hybridized carbons (Fsp3) is 0.421. The molecule has 3 amide bonds. The van der Waals surface area contributed by atoms with Crippen LogP contribution in [0.2, 0.25) is 0 Å². The molecule has 154 valence electrons. The molecular formula is C19H22N4O5S. The van der Waals surface area contributed by atoms with Crippen molar-refractivity contribution >= 4 is 29.7 Å². The summed E-state index contributed by atoms with van der Waals surface area (Å²) in [5.74, 6) is -0.844. The van der Waals surface area contributed by atoms with Gasteiger partial charge in [-0.1, -0.05) is 42.1 Å². The highest BCUT2D eigenvalue weighted by molar-refractivity contribution is 7.99. The van der Waals surface area contributed by atoms with Gasteiger partial charge in [0, 0.05) is 12.5 Å². The van der Waals surface area contributed by atoms with Crippen LogP contribution in [0.15, 0.2) is 40.0 Å². The van der Waals surface area contributed by atoms with Crippen LogP contribution in [-0.2, 0) is 27.3 Å². The standard InChI is InChI=1S/C19H22N4O5S/c1-3-27-16(24)11-29-19-22-21-15(28-19)9-14-12(2)20-18(26)23(17(14)25)10-13-7-5-4-6-8-13/h4-8,12,14H,3,9-11H2,1-2H3,(H,20,26). The lowest BCUT2D eigenvalue weighted by Gasteiger charge is -2.35. The number of esters is 1. The zero-order valence-corrected chi connectivity index (χ0v) is 17.0. The molecule has 1 saturated heterocycles. The number of nitrogens with one attached hydrogen (secondary N) is 1. The number of hydrogen-bond acceptors (Lipinski definition) is 8. The van der Waals surface area contributed by atoms with Crippen molar-refractivity contribution in [1.29, 1.82) is 0 Å². The van der Waals surface area contributed by atoms with Crippen molar-refractivity contribution in [2.45, 2.75) is 38.1 Å². The Morgan fingerprint density at radius 1 is 1.28 bits per heavy atom. The molecule has 1 N–H and O–H groups in total. The van der Waals surface area contributed by atoms with Crippen LogP contribution in [0.1, 0.15) is 25.3 Å². The van der Waals surface area contributed by atoms with Crippen LogP contribution < -0.4 is 5.32 Å². The average molecular weight is 418 g/mol. The summed E-state index contributed by atoms with van der Waals surface area (Å²) in [6.45, 7) is 4.00. The number of amides is 3. The molecule has 2 atom stereocenters. The zero-order chi connectivity index (χ0) is 20.8. The Kier molecular flexibility index (Phi) is 6.86. The zero-order valence-electron chi connectivity index (χ0n) is 16.2. The number of ether oxygens (including phenoxy) is 1. The molecule has 2 unspecified atom stereocenters. The predicted octanol–water partition coefficient (Wildman–Crippen LogP) is 2.02. The normalized spacial score (nSPS) is 19.2. The third-order valence-corrected chi connectivity index (χ3v) is 5.22. The Bertz CT molecular complexity index is 872. The number of benzene rings is 1. The molecule has 10 heteroatoms. The van der Waals surface area contributed by atoms with Gasteiger partial charge in [0.25, 0.3) is 5.22 Å². The quantitative estimate of drug-likeness (QED) is 0.511. The first kappa shape index (κ1) is 20.8. The molecule has 1 aromatic carbocycles. The largest absolute Gasteiger partial charge is 0.465 e. The Morgan fingerprint density at radius 3 is 2.76 bits per heavy atom. The van der Waals surface area contributed by atoms with Crippen molar-refractivity contribution in [1.82, 2.24) is 20.4 Å². The van der Waals surface area contributed by atoms with E-state index in [-0.39, 0.29) is 47.8 Å². The summed E-state index contributed by atoms with van der Waals surface area (Å²) in [5, 5.41) is 10.9. The number of urea groups is 1. The summed E-state index contributed by atoms with van der Waals surface area (Å²) in [6.07, 6.45) is 0.193. The summed E-state index contributed by atoms with van der Waals surface area (Å²) in [7, 11) is 0. The van der Waals surface area contributed by atoms with E-state index < -0.39 is 11.9 Å². The minimum Gasteiger partial charge on any atom is -0.465 e. The second kappa shape index (κ2) is 9.55. The highest BCUT2D eigenvalue weighted by Crippen LogP contribution is 2.23. The fourth-order valence-electron chi connectivity index (χ4n) is 2.96. The van der Waals surface area contributed by atoms with Gasteiger partial charge in [-0.15, -0.1) is 10.2 Å². The second-order valence-electron chi connectivity index (χ2n) is 6.51. The van der Waals surface area contributed by atoms with Crippen molar-refractivity contribution < 1.29 is 23.5 Å². The van der Waals surface area contributed by atoms with E-state index in [4.69, 9.17) is 9.15 Å². The molecule has 0 radical (unpaired) electrons. The molecule has 1 aliphatic heterocycles. The minimum absolute atomic E-state index is 0.0646. The van der Waals surface area contributed by atoms with Crippen LogP contribution in [0.5, 0.6) is 0 Å². The molecule has 1 aromatic heterocycles. The van der Waals surface area contributed by atoms with E-state index in [1.54, 1.807) is 13.8 Å². The van der Waals surface area contributed by atoms with Gasteiger partial charge < -0.3 is 14.5 Å². The van der Waals surface area contributed by atoms with Gasteiger partial charge in [-0.2, -0.15) is 0 Å². The molecule has 9 nitrogen and oxygen atoms in total. The SMILES string of the molecule is CCOC(=O)CSc1nnc(CC2C(=O)N(Cc3ccccc3)C(=O)NC2C)o1. The topological polar surface area (TPSA) is 115 Å². The van der Waals surface area contributed by atoms with Gasteiger partial charge in [-0.25, -0.2) is 4.79 Å². The number of carbonyl (C=O) groups is 3. The summed E-state index contributed by atoms with van der Waals surface area (Å²) in [6, 6.07) is 8.52. The van der Waals surface area contributed by atoms with Crippen LogP contribution in [0.3, 0.4) is 0 Å². The Morgan fingerprint density at radius 2 is 2.03 bits per heavy atom. The second-order valence-corrected chi connectivity index (χ2v) is 7.44. The third-order valence-electron chi connectivity index (χ3n) is 4.43. The van der Waals surface area contributed by atoms with Crippen molar-refractivity contribution in [3.63, 3.8) is 0 Å². The van der Waals surface area contributed by atoms with E-state index in [0.717, 1.165) is 17.3 Å². The van der Waals surface area contributed by atoms with E-state index in [2.05, 4.69) is 15.5 Å². The highest BCUT2D eigenvalue weighted by atomic mass is 32.2. The molecule has 1 aliphatic rings. The molecule has 1 fully saturated rings. The first-order chi connectivity index (χ1) is 14.0. The molecule has 0 spiro atoms. The van der Waals surface area contributed by atoms with Gasteiger partial charge in [0.05, 0.1) is 19.1 Å². The van der Waals surface area contributed by atoms with Gasteiger partial charge in [0.15, 0.2) is 0 Å². The first-order valence-corrected chi connectivity index (χ1v) is 10.2. The molecule has 0 aliphatic carbocycles. The van der Waals surface area contributed by atoms with Crippen LogP contribution in [-0.4, -0.2) is 51.4 Å². The maximum atomic E-state index is 13.0. The number of thioether (sulfide) groups is 1.